The molecule has 1 saturated heterocycles. The van der Waals surface area contributed by atoms with Crippen molar-refractivity contribution in [3.63, 3.8) is 0 Å². The SMILES string of the molecule is O=C(NCCOC1CCNCC1)c1csc(Br)c1. The Morgan fingerprint density at radius 3 is 3.00 bits per heavy atom. The van der Waals surface area contributed by atoms with E-state index in [2.05, 4.69) is 26.6 Å². The number of rotatable bonds is 5. The Morgan fingerprint density at radius 2 is 2.33 bits per heavy atom. The number of hydrogen-bond acceptors (Lipinski definition) is 4. The van der Waals surface area contributed by atoms with Crippen LogP contribution in [0.25, 0.3) is 0 Å². The van der Waals surface area contributed by atoms with Gasteiger partial charge in [-0.2, -0.15) is 0 Å². The van der Waals surface area contributed by atoms with Crippen LogP contribution in [0.3, 0.4) is 0 Å². The lowest BCUT2D eigenvalue weighted by atomic mass is 10.1. The van der Waals surface area contributed by atoms with Crippen molar-refractivity contribution in [1.82, 2.24) is 10.6 Å². The third kappa shape index (κ3) is 4.35. The van der Waals surface area contributed by atoms with Crippen molar-refractivity contribution in [2.45, 2.75) is 18.9 Å². The highest BCUT2D eigenvalue weighted by molar-refractivity contribution is 9.11. The van der Waals surface area contributed by atoms with E-state index in [0.717, 1.165) is 29.7 Å². The maximum atomic E-state index is 11.7. The van der Waals surface area contributed by atoms with E-state index in [1.807, 2.05) is 11.4 Å². The molecule has 0 radical (unpaired) electrons. The number of ether oxygens (including phenoxy) is 1. The minimum Gasteiger partial charge on any atom is -0.376 e. The fraction of sp³-hybridized carbons (Fsp3) is 0.583. The number of halogens is 1. The molecular formula is C12H17BrN2O2S. The van der Waals surface area contributed by atoms with Crippen LogP contribution >= 0.6 is 27.3 Å². The second-order valence-electron chi connectivity index (χ2n) is 4.22. The molecule has 2 N–H and O–H groups in total. The summed E-state index contributed by atoms with van der Waals surface area (Å²) in [5, 5.41) is 7.99. The molecule has 0 spiro atoms. The van der Waals surface area contributed by atoms with Crippen LogP contribution in [0, 0.1) is 0 Å². The molecule has 1 fully saturated rings. The first-order valence-corrected chi connectivity index (χ1v) is 7.77. The Balaban J connectivity index is 1.61. The predicted octanol–water partition coefficient (Wildman–Crippen LogP) is 2.01. The number of amides is 1. The summed E-state index contributed by atoms with van der Waals surface area (Å²) in [6.45, 7) is 3.21. The Hall–Kier alpha value is -0.430. The minimum atomic E-state index is -0.0362. The van der Waals surface area contributed by atoms with Gasteiger partial charge < -0.3 is 15.4 Å². The smallest absolute Gasteiger partial charge is 0.252 e. The Morgan fingerprint density at radius 1 is 1.56 bits per heavy atom. The molecule has 100 valence electrons. The summed E-state index contributed by atoms with van der Waals surface area (Å²) in [6.07, 6.45) is 2.47. The molecule has 0 atom stereocenters. The van der Waals surface area contributed by atoms with Crippen molar-refractivity contribution in [3.8, 4) is 0 Å². The third-order valence-corrected chi connectivity index (χ3v) is 4.36. The second-order valence-corrected chi connectivity index (χ2v) is 6.51. The van der Waals surface area contributed by atoms with Gasteiger partial charge in [0.25, 0.3) is 5.91 Å². The first-order chi connectivity index (χ1) is 8.75. The van der Waals surface area contributed by atoms with Gasteiger partial charge in [-0.05, 0) is 47.9 Å². The molecule has 0 saturated carbocycles. The summed E-state index contributed by atoms with van der Waals surface area (Å²) in [4.78, 5) is 11.7. The molecule has 1 aliphatic rings. The molecule has 18 heavy (non-hydrogen) atoms. The maximum Gasteiger partial charge on any atom is 0.252 e. The van der Waals surface area contributed by atoms with Gasteiger partial charge >= 0.3 is 0 Å². The lowest BCUT2D eigenvalue weighted by Gasteiger charge is -2.22. The van der Waals surface area contributed by atoms with Gasteiger partial charge in [0.05, 0.1) is 22.1 Å². The zero-order valence-corrected chi connectivity index (χ0v) is 12.5. The first kappa shape index (κ1) is 14.0. The van der Waals surface area contributed by atoms with Gasteiger partial charge in [0.1, 0.15) is 0 Å². The summed E-state index contributed by atoms with van der Waals surface area (Å²) in [7, 11) is 0. The van der Waals surface area contributed by atoms with Gasteiger partial charge in [0, 0.05) is 11.9 Å². The van der Waals surface area contributed by atoms with Crippen molar-refractivity contribution in [1.29, 1.82) is 0 Å². The molecule has 6 heteroatoms. The molecule has 0 aliphatic carbocycles. The molecule has 1 amide bonds. The number of nitrogens with one attached hydrogen (secondary N) is 2. The highest BCUT2D eigenvalue weighted by atomic mass is 79.9. The summed E-state index contributed by atoms with van der Waals surface area (Å²) in [5.41, 5.74) is 0.703. The van der Waals surface area contributed by atoms with Crippen LogP contribution in [0.5, 0.6) is 0 Å². The monoisotopic (exact) mass is 332 g/mol. The Bertz CT molecular complexity index is 391. The molecule has 1 aromatic heterocycles. The highest BCUT2D eigenvalue weighted by Crippen LogP contribution is 2.20. The third-order valence-electron chi connectivity index (χ3n) is 2.86. The number of hydrogen-bond donors (Lipinski definition) is 2. The minimum absolute atomic E-state index is 0.0362. The molecular weight excluding hydrogens is 316 g/mol. The van der Waals surface area contributed by atoms with E-state index in [-0.39, 0.29) is 5.91 Å². The van der Waals surface area contributed by atoms with Crippen LogP contribution < -0.4 is 10.6 Å². The molecule has 2 rings (SSSR count). The molecule has 0 aromatic carbocycles. The molecule has 1 aliphatic heterocycles. The average Bonchev–Trinajstić information content (AvgIpc) is 2.82. The Labute approximate surface area is 119 Å². The predicted molar refractivity (Wildman–Crippen MR) is 76.2 cm³/mol. The lowest BCUT2D eigenvalue weighted by molar-refractivity contribution is 0.0343. The fourth-order valence-corrected chi connectivity index (χ4v) is 3.02. The van der Waals surface area contributed by atoms with E-state index < -0.39 is 0 Å². The number of carbonyl (C=O) groups is 1. The summed E-state index contributed by atoms with van der Waals surface area (Å²) in [6, 6.07) is 1.83. The Kier molecular flexibility index (Phi) is 5.62. The van der Waals surface area contributed by atoms with E-state index in [1.165, 1.54) is 11.3 Å². The van der Waals surface area contributed by atoms with Gasteiger partial charge in [-0.15, -0.1) is 11.3 Å². The highest BCUT2D eigenvalue weighted by Gasteiger charge is 2.13. The largest absolute Gasteiger partial charge is 0.376 e. The second kappa shape index (κ2) is 7.23. The van der Waals surface area contributed by atoms with Crippen LogP contribution in [0.15, 0.2) is 15.2 Å². The van der Waals surface area contributed by atoms with Crippen LogP contribution in [-0.2, 0) is 4.74 Å². The van der Waals surface area contributed by atoms with Crippen LogP contribution in [-0.4, -0.2) is 38.3 Å². The van der Waals surface area contributed by atoms with Crippen LogP contribution in [0.4, 0.5) is 0 Å². The zero-order chi connectivity index (χ0) is 12.8. The van der Waals surface area contributed by atoms with Crippen LogP contribution in [0.1, 0.15) is 23.2 Å². The standard InChI is InChI=1S/C12H17BrN2O2S/c13-11-7-9(8-18-11)12(16)15-5-6-17-10-1-3-14-4-2-10/h7-8,10,14H,1-6H2,(H,15,16). The van der Waals surface area contributed by atoms with Crippen molar-refractivity contribution in [2.24, 2.45) is 0 Å². The van der Waals surface area contributed by atoms with Crippen molar-refractivity contribution < 1.29 is 9.53 Å². The topological polar surface area (TPSA) is 50.4 Å². The summed E-state index contributed by atoms with van der Waals surface area (Å²) >= 11 is 4.85. The van der Waals surface area contributed by atoms with E-state index in [1.54, 1.807) is 0 Å². The number of thiophene rings is 1. The van der Waals surface area contributed by atoms with Gasteiger partial charge in [0.2, 0.25) is 0 Å². The fourth-order valence-electron chi connectivity index (χ4n) is 1.88. The van der Waals surface area contributed by atoms with E-state index in [4.69, 9.17) is 4.74 Å². The molecule has 4 nitrogen and oxygen atoms in total. The van der Waals surface area contributed by atoms with Crippen LogP contribution in [0.2, 0.25) is 0 Å². The molecule has 1 aromatic rings. The van der Waals surface area contributed by atoms with Crippen molar-refractivity contribution in [3.05, 3.63) is 20.8 Å². The molecule has 2 heterocycles. The van der Waals surface area contributed by atoms with Gasteiger partial charge in [-0.1, -0.05) is 0 Å². The van der Waals surface area contributed by atoms with E-state index in [9.17, 15) is 4.79 Å². The van der Waals surface area contributed by atoms with E-state index in [0.29, 0.717) is 24.8 Å². The number of piperidine rings is 1. The van der Waals surface area contributed by atoms with Gasteiger partial charge in [-0.3, -0.25) is 4.79 Å². The quantitative estimate of drug-likeness (QED) is 0.811. The summed E-state index contributed by atoms with van der Waals surface area (Å²) in [5.74, 6) is -0.0362. The lowest BCUT2D eigenvalue weighted by Crippen LogP contribution is -2.34. The van der Waals surface area contributed by atoms with Gasteiger partial charge in [0.15, 0.2) is 0 Å². The normalized spacial score (nSPS) is 16.7. The van der Waals surface area contributed by atoms with Crippen molar-refractivity contribution in [2.75, 3.05) is 26.2 Å². The first-order valence-electron chi connectivity index (χ1n) is 6.10. The summed E-state index contributed by atoms with van der Waals surface area (Å²) < 4.78 is 6.68. The zero-order valence-electron chi connectivity index (χ0n) is 10.1. The maximum absolute atomic E-state index is 11.7. The average molecular weight is 333 g/mol. The van der Waals surface area contributed by atoms with Gasteiger partial charge in [-0.25, -0.2) is 0 Å². The molecule has 0 unspecified atom stereocenters. The number of carbonyl (C=O) groups excluding carboxylic acids is 1. The van der Waals surface area contributed by atoms with E-state index >= 15 is 0 Å². The van der Waals surface area contributed by atoms with Crippen molar-refractivity contribution >= 4 is 33.2 Å². The molecule has 0 bridgehead atoms.